The van der Waals surface area contributed by atoms with Crippen molar-refractivity contribution in [2.75, 3.05) is 32.8 Å². The summed E-state index contributed by atoms with van der Waals surface area (Å²) in [5, 5.41) is 0.843. The lowest BCUT2D eigenvalue weighted by Crippen LogP contribution is -2.50. The summed E-state index contributed by atoms with van der Waals surface area (Å²) in [6.07, 6.45) is 0. The summed E-state index contributed by atoms with van der Waals surface area (Å²) in [5.41, 5.74) is 3.14. The number of hydrogen-bond donors (Lipinski definition) is 0. The van der Waals surface area contributed by atoms with Gasteiger partial charge in [0.25, 0.3) is 5.91 Å². The molecule has 0 N–H and O–H groups in total. The van der Waals surface area contributed by atoms with Gasteiger partial charge in [0.15, 0.2) is 5.76 Å². The van der Waals surface area contributed by atoms with E-state index in [1.807, 2.05) is 39.0 Å². The Morgan fingerprint density at radius 2 is 1.75 bits per heavy atom. The number of hydrogen-bond acceptors (Lipinski definition) is 5. The van der Waals surface area contributed by atoms with Gasteiger partial charge in [-0.25, -0.2) is 8.42 Å². The van der Waals surface area contributed by atoms with Crippen LogP contribution in [-0.4, -0.2) is 56.3 Å². The van der Waals surface area contributed by atoms with Crippen LogP contribution >= 0.6 is 0 Å². The molecule has 0 saturated carbocycles. The van der Waals surface area contributed by atoms with E-state index in [0.29, 0.717) is 35.9 Å². The van der Waals surface area contributed by atoms with Crippen LogP contribution in [0.3, 0.4) is 0 Å². The Balaban J connectivity index is 1.51. The third-order valence-electron chi connectivity index (χ3n) is 5.89. The zero-order valence-corrected chi connectivity index (χ0v) is 19.7. The Kier molecular flexibility index (Phi) is 6.01. The number of sulfonamides is 1. The molecular weight excluding hydrogens is 428 g/mol. The van der Waals surface area contributed by atoms with Crippen LogP contribution in [0.4, 0.5) is 0 Å². The van der Waals surface area contributed by atoms with Gasteiger partial charge in [0, 0.05) is 37.1 Å². The van der Waals surface area contributed by atoms with Gasteiger partial charge in [0.1, 0.15) is 11.3 Å². The fourth-order valence-corrected chi connectivity index (χ4v) is 5.79. The van der Waals surface area contributed by atoms with Crippen molar-refractivity contribution >= 4 is 26.9 Å². The molecule has 0 bridgehead atoms. The number of nitrogens with zero attached hydrogens (tertiary/aromatic N) is 2. The normalized spacial score (nSPS) is 15.3. The van der Waals surface area contributed by atoms with Crippen LogP contribution in [0.25, 0.3) is 11.0 Å². The van der Waals surface area contributed by atoms with Crippen molar-refractivity contribution in [3.05, 3.63) is 58.8 Å². The maximum atomic E-state index is 13.2. The van der Waals surface area contributed by atoms with Crippen LogP contribution in [0, 0.1) is 20.8 Å². The van der Waals surface area contributed by atoms with Crippen LogP contribution in [0.2, 0.25) is 0 Å². The first-order chi connectivity index (χ1) is 15.2. The number of furan rings is 1. The molecule has 3 aromatic rings. The Labute approximate surface area is 188 Å². The second-order valence-corrected chi connectivity index (χ2v) is 10.0. The topological polar surface area (TPSA) is 80.1 Å². The second-order valence-electron chi connectivity index (χ2n) is 8.11. The van der Waals surface area contributed by atoms with E-state index in [4.69, 9.17) is 9.15 Å². The van der Waals surface area contributed by atoms with Gasteiger partial charge in [0.05, 0.1) is 11.5 Å². The standard InChI is InChI=1S/C24H28N2O5S/c1-5-30-19-7-8-21-20(15-19)18(4)23(31-21)24(27)25-10-12-26(13-11-25)32(28,29)22-9-6-16(2)14-17(22)3/h6-9,14-15H,5,10-13H2,1-4H3. The Morgan fingerprint density at radius 1 is 1.03 bits per heavy atom. The molecule has 1 saturated heterocycles. The first-order valence-electron chi connectivity index (χ1n) is 10.7. The number of fused-ring (bicyclic) bond motifs is 1. The highest BCUT2D eigenvalue weighted by Crippen LogP contribution is 2.30. The van der Waals surface area contributed by atoms with Gasteiger partial charge in [-0.1, -0.05) is 17.7 Å². The molecule has 1 fully saturated rings. The van der Waals surface area contributed by atoms with E-state index < -0.39 is 10.0 Å². The Bertz CT molecular complexity index is 1270. The van der Waals surface area contributed by atoms with Crippen molar-refractivity contribution in [2.45, 2.75) is 32.6 Å². The number of aryl methyl sites for hydroxylation is 3. The molecular formula is C24H28N2O5S. The minimum atomic E-state index is -3.60. The average Bonchev–Trinajstić information content (AvgIpc) is 3.09. The molecule has 1 aromatic heterocycles. The van der Waals surface area contributed by atoms with E-state index in [-0.39, 0.29) is 19.0 Å². The summed E-state index contributed by atoms with van der Waals surface area (Å²) in [7, 11) is -3.60. The molecule has 1 aliphatic rings. The number of carbonyl (C=O) groups excluding carboxylic acids is 1. The first kappa shape index (κ1) is 22.4. The van der Waals surface area contributed by atoms with Gasteiger partial charge >= 0.3 is 0 Å². The first-order valence-corrected chi connectivity index (χ1v) is 12.2. The minimum Gasteiger partial charge on any atom is -0.494 e. The van der Waals surface area contributed by atoms with E-state index in [1.54, 1.807) is 30.0 Å². The van der Waals surface area contributed by atoms with Crippen LogP contribution in [-0.2, 0) is 10.0 Å². The third-order valence-corrected chi connectivity index (χ3v) is 7.95. The molecule has 8 heteroatoms. The highest BCUT2D eigenvalue weighted by atomic mass is 32.2. The van der Waals surface area contributed by atoms with Gasteiger partial charge in [-0.05, 0) is 57.5 Å². The predicted octanol–water partition coefficient (Wildman–Crippen LogP) is 3.90. The summed E-state index contributed by atoms with van der Waals surface area (Å²) in [6.45, 7) is 9.19. The van der Waals surface area contributed by atoms with Crippen molar-refractivity contribution in [1.29, 1.82) is 0 Å². The SMILES string of the molecule is CCOc1ccc2oc(C(=O)N3CCN(S(=O)(=O)c4ccc(C)cc4C)CC3)c(C)c2c1. The molecule has 0 atom stereocenters. The molecule has 2 aromatic carbocycles. The number of rotatable bonds is 5. The van der Waals surface area contributed by atoms with Gasteiger partial charge in [-0.15, -0.1) is 0 Å². The molecule has 0 spiro atoms. The quantitative estimate of drug-likeness (QED) is 0.582. The molecule has 0 unspecified atom stereocenters. The van der Waals surface area contributed by atoms with Gasteiger partial charge in [0.2, 0.25) is 10.0 Å². The van der Waals surface area contributed by atoms with Gasteiger partial charge < -0.3 is 14.1 Å². The molecule has 1 aliphatic heterocycles. The highest BCUT2D eigenvalue weighted by Gasteiger charge is 2.33. The average molecular weight is 457 g/mol. The third kappa shape index (κ3) is 4.00. The van der Waals surface area contributed by atoms with E-state index in [0.717, 1.165) is 27.8 Å². The smallest absolute Gasteiger partial charge is 0.289 e. The summed E-state index contributed by atoms with van der Waals surface area (Å²) < 4.78 is 39.1. The predicted molar refractivity (Wildman–Crippen MR) is 123 cm³/mol. The maximum absolute atomic E-state index is 13.2. The summed E-state index contributed by atoms with van der Waals surface area (Å²) in [4.78, 5) is 15.1. The fourth-order valence-electron chi connectivity index (χ4n) is 4.16. The van der Waals surface area contributed by atoms with Gasteiger partial charge in [-0.3, -0.25) is 4.79 Å². The molecule has 1 amide bonds. The van der Waals surface area contributed by atoms with Crippen molar-refractivity contribution in [3.63, 3.8) is 0 Å². The van der Waals surface area contributed by atoms with Crippen molar-refractivity contribution in [3.8, 4) is 5.75 Å². The van der Waals surface area contributed by atoms with E-state index >= 15 is 0 Å². The zero-order chi connectivity index (χ0) is 23.0. The number of amides is 1. The van der Waals surface area contributed by atoms with Crippen LogP contribution in [0.15, 0.2) is 45.7 Å². The molecule has 7 nitrogen and oxygen atoms in total. The molecule has 170 valence electrons. The summed E-state index contributed by atoms with van der Waals surface area (Å²) >= 11 is 0. The van der Waals surface area contributed by atoms with E-state index in [9.17, 15) is 13.2 Å². The zero-order valence-electron chi connectivity index (χ0n) is 18.8. The monoisotopic (exact) mass is 456 g/mol. The highest BCUT2D eigenvalue weighted by molar-refractivity contribution is 7.89. The lowest BCUT2D eigenvalue weighted by atomic mass is 10.1. The number of ether oxygens (including phenoxy) is 1. The molecule has 32 heavy (non-hydrogen) atoms. The van der Waals surface area contributed by atoms with Crippen molar-refractivity contribution in [2.24, 2.45) is 0 Å². The summed E-state index contributed by atoms with van der Waals surface area (Å²) in [5.74, 6) is 0.799. The Morgan fingerprint density at radius 3 is 2.41 bits per heavy atom. The number of benzene rings is 2. The van der Waals surface area contributed by atoms with Crippen molar-refractivity contribution < 1.29 is 22.4 Å². The van der Waals surface area contributed by atoms with Crippen LogP contribution in [0.1, 0.15) is 34.2 Å². The lowest BCUT2D eigenvalue weighted by molar-refractivity contribution is 0.0667. The van der Waals surface area contributed by atoms with Crippen LogP contribution < -0.4 is 4.74 Å². The number of carbonyl (C=O) groups is 1. The minimum absolute atomic E-state index is 0.222. The maximum Gasteiger partial charge on any atom is 0.289 e. The lowest BCUT2D eigenvalue weighted by Gasteiger charge is -2.34. The van der Waals surface area contributed by atoms with Crippen molar-refractivity contribution in [1.82, 2.24) is 9.21 Å². The second kappa shape index (κ2) is 8.60. The van der Waals surface area contributed by atoms with Gasteiger partial charge in [-0.2, -0.15) is 4.31 Å². The van der Waals surface area contributed by atoms with Crippen LogP contribution in [0.5, 0.6) is 5.75 Å². The molecule has 0 aliphatic carbocycles. The largest absolute Gasteiger partial charge is 0.494 e. The number of piperazine rings is 1. The Hall–Kier alpha value is -2.84. The van der Waals surface area contributed by atoms with E-state index in [2.05, 4.69) is 0 Å². The molecule has 2 heterocycles. The summed E-state index contributed by atoms with van der Waals surface area (Å²) in [6, 6.07) is 10.8. The molecule has 0 radical (unpaired) electrons. The fraction of sp³-hybridized carbons (Fsp3) is 0.375. The molecule has 4 rings (SSSR count). The van der Waals surface area contributed by atoms with E-state index in [1.165, 1.54) is 4.31 Å².